The van der Waals surface area contributed by atoms with E-state index >= 15 is 0 Å². The number of ketones is 1. The van der Waals surface area contributed by atoms with Crippen LogP contribution in [0.15, 0.2) is 54.7 Å². The van der Waals surface area contributed by atoms with Gasteiger partial charge in [0, 0.05) is 34.9 Å². The van der Waals surface area contributed by atoms with Crippen molar-refractivity contribution in [2.75, 3.05) is 18.4 Å². The number of anilines is 1. The number of hydrogen-bond acceptors (Lipinski definition) is 3. The Morgan fingerprint density at radius 2 is 1.92 bits per heavy atom. The first-order valence-corrected chi connectivity index (χ1v) is 8.30. The van der Waals surface area contributed by atoms with Crippen LogP contribution in [0.2, 0.25) is 0 Å². The van der Waals surface area contributed by atoms with Crippen molar-refractivity contribution < 1.29 is 9.59 Å². The van der Waals surface area contributed by atoms with Crippen LogP contribution in [0.25, 0.3) is 10.9 Å². The Balaban J connectivity index is 1.47. The molecule has 0 aliphatic heterocycles. The number of fused-ring (bicyclic) bond motifs is 1. The summed E-state index contributed by atoms with van der Waals surface area (Å²) in [6, 6.07) is 15.3. The van der Waals surface area contributed by atoms with Crippen LogP contribution < -0.4 is 10.6 Å². The van der Waals surface area contributed by atoms with E-state index in [9.17, 15) is 9.59 Å². The molecule has 1 amide bonds. The summed E-state index contributed by atoms with van der Waals surface area (Å²) < 4.78 is 0. The van der Waals surface area contributed by atoms with E-state index in [2.05, 4.69) is 21.7 Å². The van der Waals surface area contributed by atoms with E-state index in [-0.39, 0.29) is 18.2 Å². The highest BCUT2D eigenvalue weighted by atomic mass is 16.2. The van der Waals surface area contributed by atoms with Gasteiger partial charge in [0.1, 0.15) is 0 Å². The molecule has 0 aliphatic carbocycles. The third-order valence-electron chi connectivity index (χ3n) is 4.11. The SMILES string of the molecule is CC(=O)c1cccc(NCC(=O)NCCc2c[nH]c3ccccc23)c1. The first-order chi connectivity index (χ1) is 12.1. The Morgan fingerprint density at radius 3 is 2.76 bits per heavy atom. The van der Waals surface area contributed by atoms with Gasteiger partial charge in [-0.25, -0.2) is 0 Å². The topological polar surface area (TPSA) is 74.0 Å². The second-order valence-corrected chi connectivity index (χ2v) is 5.95. The Labute approximate surface area is 146 Å². The van der Waals surface area contributed by atoms with E-state index in [0.29, 0.717) is 12.1 Å². The molecule has 2 aromatic carbocycles. The number of nitrogens with one attached hydrogen (secondary N) is 3. The summed E-state index contributed by atoms with van der Waals surface area (Å²) in [6.45, 7) is 2.28. The lowest BCUT2D eigenvalue weighted by Gasteiger charge is -2.08. The zero-order chi connectivity index (χ0) is 17.6. The Bertz CT molecular complexity index is 899. The van der Waals surface area contributed by atoms with Crippen LogP contribution in [0.1, 0.15) is 22.8 Å². The van der Waals surface area contributed by atoms with Gasteiger partial charge in [-0.1, -0.05) is 30.3 Å². The molecular formula is C20H21N3O2. The van der Waals surface area contributed by atoms with Crippen molar-refractivity contribution in [2.24, 2.45) is 0 Å². The van der Waals surface area contributed by atoms with Crippen LogP contribution in [-0.4, -0.2) is 29.8 Å². The molecule has 1 aromatic heterocycles. The Kier molecular flexibility index (Phi) is 5.14. The lowest BCUT2D eigenvalue weighted by Crippen LogP contribution is -2.31. The van der Waals surface area contributed by atoms with Gasteiger partial charge in [0.05, 0.1) is 6.54 Å². The highest BCUT2D eigenvalue weighted by Crippen LogP contribution is 2.17. The van der Waals surface area contributed by atoms with Crippen LogP contribution in [0.5, 0.6) is 0 Å². The van der Waals surface area contributed by atoms with Crippen LogP contribution in [0, 0.1) is 0 Å². The van der Waals surface area contributed by atoms with Gasteiger partial charge >= 0.3 is 0 Å². The maximum atomic E-state index is 12.0. The summed E-state index contributed by atoms with van der Waals surface area (Å²) >= 11 is 0. The van der Waals surface area contributed by atoms with Crippen molar-refractivity contribution in [3.8, 4) is 0 Å². The van der Waals surface area contributed by atoms with E-state index in [1.165, 1.54) is 17.9 Å². The number of aromatic amines is 1. The third-order valence-corrected chi connectivity index (χ3v) is 4.11. The van der Waals surface area contributed by atoms with Crippen LogP contribution in [0.3, 0.4) is 0 Å². The van der Waals surface area contributed by atoms with Crippen molar-refractivity contribution in [1.82, 2.24) is 10.3 Å². The molecule has 3 aromatic rings. The number of carbonyl (C=O) groups is 2. The zero-order valence-electron chi connectivity index (χ0n) is 14.1. The molecule has 3 rings (SSSR count). The summed E-state index contributed by atoms with van der Waals surface area (Å²) in [5.74, 6) is -0.0695. The number of hydrogen-bond donors (Lipinski definition) is 3. The van der Waals surface area contributed by atoms with Gasteiger partial charge in [-0.15, -0.1) is 0 Å². The standard InChI is InChI=1S/C20H21N3O2/c1-14(24)15-5-4-6-17(11-15)22-13-20(25)21-10-9-16-12-23-19-8-3-2-7-18(16)19/h2-8,11-12,22-23H,9-10,13H2,1H3,(H,21,25). The number of H-pyrrole nitrogens is 1. The van der Waals surface area contributed by atoms with Gasteiger partial charge < -0.3 is 15.6 Å². The summed E-state index contributed by atoms with van der Waals surface area (Å²) in [5.41, 5.74) is 3.69. The van der Waals surface area contributed by atoms with Gasteiger partial charge in [-0.2, -0.15) is 0 Å². The molecule has 0 radical (unpaired) electrons. The van der Waals surface area contributed by atoms with Crippen LogP contribution in [-0.2, 0) is 11.2 Å². The normalized spacial score (nSPS) is 10.6. The molecule has 25 heavy (non-hydrogen) atoms. The molecule has 0 spiro atoms. The molecule has 0 atom stereocenters. The maximum absolute atomic E-state index is 12.0. The predicted octanol–water partition coefficient (Wildman–Crippen LogP) is 3.14. The molecule has 1 heterocycles. The molecule has 128 valence electrons. The molecule has 0 bridgehead atoms. The van der Waals surface area contributed by atoms with E-state index < -0.39 is 0 Å². The number of para-hydroxylation sites is 1. The minimum Gasteiger partial charge on any atom is -0.376 e. The van der Waals surface area contributed by atoms with Gasteiger partial charge in [-0.05, 0) is 37.1 Å². The molecular weight excluding hydrogens is 314 g/mol. The van der Waals surface area contributed by atoms with Gasteiger partial charge in [0.2, 0.25) is 5.91 Å². The van der Waals surface area contributed by atoms with Gasteiger partial charge in [0.15, 0.2) is 5.78 Å². The zero-order valence-corrected chi connectivity index (χ0v) is 14.1. The fraction of sp³-hybridized carbons (Fsp3) is 0.200. The molecule has 0 saturated carbocycles. The number of Topliss-reactive ketones (excluding diaryl/α,β-unsaturated/α-hetero) is 1. The number of carbonyl (C=O) groups excluding carboxylic acids is 2. The first kappa shape index (κ1) is 16.8. The minimum atomic E-state index is -0.0759. The molecule has 0 fully saturated rings. The summed E-state index contributed by atoms with van der Waals surface area (Å²) in [5, 5.41) is 7.14. The number of aromatic nitrogens is 1. The fourth-order valence-electron chi connectivity index (χ4n) is 2.77. The van der Waals surface area contributed by atoms with Crippen molar-refractivity contribution >= 4 is 28.3 Å². The van der Waals surface area contributed by atoms with E-state index in [4.69, 9.17) is 0 Å². The van der Waals surface area contributed by atoms with E-state index in [1.807, 2.05) is 30.5 Å². The van der Waals surface area contributed by atoms with Crippen molar-refractivity contribution in [2.45, 2.75) is 13.3 Å². The first-order valence-electron chi connectivity index (χ1n) is 8.30. The summed E-state index contributed by atoms with van der Waals surface area (Å²) in [7, 11) is 0. The highest BCUT2D eigenvalue weighted by Gasteiger charge is 2.05. The highest BCUT2D eigenvalue weighted by molar-refractivity contribution is 5.95. The Morgan fingerprint density at radius 1 is 1.08 bits per heavy atom. The average Bonchev–Trinajstić information content (AvgIpc) is 3.03. The predicted molar refractivity (Wildman–Crippen MR) is 99.9 cm³/mol. The largest absolute Gasteiger partial charge is 0.376 e. The van der Waals surface area contributed by atoms with Crippen molar-refractivity contribution in [3.05, 3.63) is 65.9 Å². The third kappa shape index (κ3) is 4.26. The van der Waals surface area contributed by atoms with Crippen LogP contribution >= 0.6 is 0 Å². The number of rotatable bonds is 7. The molecule has 0 saturated heterocycles. The maximum Gasteiger partial charge on any atom is 0.239 e. The van der Waals surface area contributed by atoms with Crippen LogP contribution in [0.4, 0.5) is 5.69 Å². The summed E-state index contributed by atoms with van der Waals surface area (Å²) in [4.78, 5) is 26.6. The van der Waals surface area contributed by atoms with Crippen molar-refractivity contribution in [1.29, 1.82) is 0 Å². The average molecular weight is 335 g/mol. The van der Waals surface area contributed by atoms with Crippen molar-refractivity contribution in [3.63, 3.8) is 0 Å². The number of amides is 1. The lowest BCUT2D eigenvalue weighted by molar-refractivity contribution is -0.119. The second kappa shape index (κ2) is 7.66. The molecule has 5 heteroatoms. The molecule has 3 N–H and O–H groups in total. The van der Waals surface area contributed by atoms with E-state index in [1.54, 1.807) is 18.2 Å². The number of benzene rings is 2. The summed E-state index contributed by atoms with van der Waals surface area (Å²) in [6.07, 6.45) is 2.76. The Hall–Kier alpha value is -3.08. The van der Waals surface area contributed by atoms with Gasteiger partial charge in [-0.3, -0.25) is 9.59 Å². The molecule has 0 aliphatic rings. The quantitative estimate of drug-likeness (QED) is 0.581. The smallest absolute Gasteiger partial charge is 0.239 e. The van der Waals surface area contributed by atoms with E-state index in [0.717, 1.165) is 17.6 Å². The molecule has 0 unspecified atom stereocenters. The fourth-order valence-corrected chi connectivity index (χ4v) is 2.77. The second-order valence-electron chi connectivity index (χ2n) is 5.95. The lowest BCUT2D eigenvalue weighted by atomic mass is 10.1. The monoisotopic (exact) mass is 335 g/mol. The minimum absolute atomic E-state index is 0.00632. The van der Waals surface area contributed by atoms with Gasteiger partial charge in [0.25, 0.3) is 0 Å². The molecule has 5 nitrogen and oxygen atoms in total.